The van der Waals surface area contributed by atoms with Crippen LogP contribution in [0.3, 0.4) is 0 Å². The van der Waals surface area contributed by atoms with Crippen LogP contribution in [0.2, 0.25) is 0 Å². The zero-order chi connectivity index (χ0) is 16.1. The first kappa shape index (κ1) is 15.6. The van der Waals surface area contributed by atoms with Gasteiger partial charge in [0.2, 0.25) is 10.0 Å². The van der Waals surface area contributed by atoms with Crippen molar-refractivity contribution in [1.82, 2.24) is 4.72 Å². The van der Waals surface area contributed by atoms with Crippen LogP contribution in [0, 0.1) is 23.2 Å². The quantitative estimate of drug-likeness (QED) is 0.892. The van der Waals surface area contributed by atoms with Crippen molar-refractivity contribution in [3.05, 3.63) is 29.8 Å². The SMILES string of the molecule is CCc1ccc(S(=O)(=O)NCC23CC4CC(CC(C4)C2)C3)cc1. The molecular weight excluding hydrogens is 306 g/mol. The van der Waals surface area contributed by atoms with Crippen LogP contribution >= 0.6 is 0 Å². The van der Waals surface area contributed by atoms with Gasteiger partial charge in [-0.1, -0.05) is 19.1 Å². The molecular formula is C19H27NO2S. The standard InChI is InChI=1S/C19H27NO2S/c1-2-14-3-5-18(6-4-14)23(21,22)20-13-19-10-15-7-16(11-19)9-17(8-15)12-19/h3-6,15-17,20H,2,7-13H2,1H3. The van der Waals surface area contributed by atoms with Crippen molar-refractivity contribution >= 4 is 10.0 Å². The molecule has 1 N–H and O–H groups in total. The van der Waals surface area contributed by atoms with Gasteiger partial charge in [-0.25, -0.2) is 13.1 Å². The van der Waals surface area contributed by atoms with Crippen LogP contribution in [0.5, 0.6) is 0 Å². The van der Waals surface area contributed by atoms with Gasteiger partial charge in [-0.05, 0) is 85.8 Å². The fraction of sp³-hybridized carbons (Fsp3) is 0.684. The number of aryl methyl sites for hydroxylation is 1. The highest BCUT2D eigenvalue weighted by Crippen LogP contribution is 2.59. The molecule has 0 saturated heterocycles. The summed E-state index contributed by atoms with van der Waals surface area (Å²) in [5.74, 6) is 2.57. The summed E-state index contributed by atoms with van der Waals surface area (Å²) < 4.78 is 28.2. The van der Waals surface area contributed by atoms with Crippen LogP contribution in [0.1, 0.15) is 51.0 Å². The molecule has 4 heteroatoms. The Kier molecular flexibility index (Phi) is 3.80. The molecule has 0 aliphatic heterocycles. The number of benzene rings is 1. The summed E-state index contributed by atoms with van der Waals surface area (Å²) in [6.45, 7) is 2.71. The van der Waals surface area contributed by atoms with Gasteiger partial charge < -0.3 is 0 Å². The summed E-state index contributed by atoms with van der Waals surface area (Å²) in [5, 5.41) is 0. The smallest absolute Gasteiger partial charge is 0.211 e. The van der Waals surface area contributed by atoms with E-state index in [2.05, 4.69) is 11.6 Å². The van der Waals surface area contributed by atoms with E-state index in [0.717, 1.165) is 24.2 Å². The maximum absolute atomic E-state index is 12.6. The Morgan fingerprint density at radius 3 is 2.00 bits per heavy atom. The van der Waals surface area contributed by atoms with Gasteiger partial charge in [-0.15, -0.1) is 0 Å². The molecule has 0 spiro atoms. The lowest BCUT2D eigenvalue weighted by molar-refractivity contribution is -0.0487. The monoisotopic (exact) mass is 333 g/mol. The van der Waals surface area contributed by atoms with Gasteiger partial charge in [0.05, 0.1) is 4.90 Å². The molecule has 1 aromatic rings. The first-order chi connectivity index (χ1) is 11.0. The van der Waals surface area contributed by atoms with Crippen LogP contribution in [0.4, 0.5) is 0 Å². The van der Waals surface area contributed by atoms with E-state index in [0.29, 0.717) is 11.4 Å². The summed E-state index contributed by atoms with van der Waals surface area (Å²) in [4.78, 5) is 0.402. The minimum atomic E-state index is -3.38. The average Bonchev–Trinajstić information content (AvgIpc) is 2.52. The van der Waals surface area contributed by atoms with Crippen LogP contribution in [-0.2, 0) is 16.4 Å². The van der Waals surface area contributed by atoms with Gasteiger partial charge in [0.15, 0.2) is 0 Å². The first-order valence-corrected chi connectivity index (χ1v) is 10.5. The summed E-state index contributed by atoms with van der Waals surface area (Å²) in [5.41, 5.74) is 1.41. The Bertz CT molecular complexity index is 643. The fourth-order valence-electron chi connectivity index (χ4n) is 5.74. The van der Waals surface area contributed by atoms with E-state index in [1.54, 1.807) is 12.1 Å². The lowest BCUT2D eigenvalue weighted by Crippen LogP contribution is -2.51. The van der Waals surface area contributed by atoms with Crippen molar-refractivity contribution in [3.8, 4) is 0 Å². The molecule has 0 unspecified atom stereocenters. The minimum Gasteiger partial charge on any atom is -0.211 e. The molecule has 0 atom stereocenters. The van der Waals surface area contributed by atoms with Crippen molar-refractivity contribution in [2.45, 2.75) is 56.8 Å². The van der Waals surface area contributed by atoms with Gasteiger partial charge in [-0.3, -0.25) is 0 Å². The van der Waals surface area contributed by atoms with E-state index in [1.165, 1.54) is 44.1 Å². The Morgan fingerprint density at radius 2 is 1.52 bits per heavy atom. The highest BCUT2D eigenvalue weighted by atomic mass is 32.2. The zero-order valence-corrected chi connectivity index (χ0v) is 14.7. The topological polar surface area (TPSA) is 46.2 Å². The molecule has 4 bridgehead atoms. The summed E-state index contributed by atoms with van der Waals surface area (Å²) in [6, 6.07) is 7.31. The molecule has 3 nitrogen and oxygen atoms in total. The number of rotatable bonds is 5. The third kappa shape index (κ3) is 2.96. The molecule has 1 aromatic carbocycles. The molecule has 23 heavy (non-hydrogen) atoms. The first-order valence-electron chi connectivity index (χ1n) is 9.07. The van der Waals surface area contributed by atoms with Gasteiger partial charge in [0, 0.05) is 6.54 Å². The normalized spacial score (nSPS) is 35.6. The second-order valence-corrected chi connectivity index (χ2v) is 10.0. The Balaban J connectivity index is 1.47. The third-order valence-corrected chi connectivity index (χ3v) is 7.86. The minimum absolute atomic E-state index is 0.241. The fourth-order valence-corrected chi connectivity index (χ4v) is 6.90. The highest BCUT2D eigenvalue weighted by Gasteiger charge is 2.50. The van der Waals surface area contributed by atoms with Crippen molar-refractivity contribution in [2.24, 2.45) is 23.2 Å². The summed E-state index contributed by atoms with van der Waals surface area (Å²) in [7, 11) is -3.38. The van der Waals surface area contributed by atoms with Gasteiger partial charge in [-0.2, -0.15) is 0 Å². The lowest BCUT2D eigenvalue weighted by atomic mass is 9.50. The van der Waals surface area contributed by atoms with E-state index in [-0.39, 0.29) is 5.41 Å². The maximum Gasteiger partial charge on any atom is 0.240 e. The average molecular weight is 333 g/mol. The van der Waals surface area contributed by atoms with Crippen LogP contribution in [-0.4, -0.2) is 15.0 Å². The van der Waals surface area contributed by atoms with E-state index >= 15 is 0 Å². The molecule has 5 rings (SSSR count). The second kappa shape index (κ2) is 5.59. The predicted molar refractivity (Wildman–Crippen MR) is 91.6 cm³/mol. The lowest BCUT2D eigenvalue weighted by Gasteiger charge is -2.56. The number of sulfonamides is 1. The van der Waals surface area contributed by atoms with Crippen molar-refractivity contribution in [2.75, 3.05) is 6.54 Å². The summed E-state index contributed by atoms with van der Waals surface area (Å²) in [6.07, 6.45) is 8.81. The molecule has 0 amide bonds. The number of hydrogen-bond acceptors (Lipinski definition) is 2. The Labute approximate surface area is 139 Å². The molecule has 4 saturated carbocycles. The maximum atomic E-state index is 12.6. The van der Waals surface area contributed by atoms with Crippen molar-refractivity contribution in [1.29, 1.82) is 0 Å². The predicted octanol–water partition coefficient (Wildman–Crippen LogP) is 3.74. The molecule has 0 heterocycles. The van der Waals surface area contributed by atoms with Gasteiger partial charge in [0.25, 0.3) is 0 Å². The van der Waals surface area contributed by atoms with Crippen molar-refractivity contribution in [3.63, 3.8) is 0 Å². The Morgan fingerprint density at radius 1 is 1.00 bits per heavy atom. The number of nitrogens with one attached hydrogen (secondary N) is 1. The molecule has 4 fully saturated rings. The van der Waals surface area contributed by atoms with Crippen LogP contribution in [0.15, 0.2) is 29.2 Å². The zero-order valence-electron chi connectivity index (χ0n) is 13.9. The largest absolute Gasteiger partial charge is 0.240 e. The van der Waals surface area contributed by atoms with E-state index in [1.807, 2.05) is 12.1 Å². The summed E-state index contributed by atoms with van der Waals surface area (Å²) >= 11 is 0. The third-order valence-electron chi connectivity index (χ3n) is 6.44. The molecule has 4 aliphatic carbocycles. The van der Waals surface area contributed by atoms with Crippen molar-refractivity contribution < 1.29 is 8.42 Å². The molecule has 126 valence electrons. The van der Waals surface area contributed by atoms with E-state index in [9.17, 15) is 8.42 Å². The van der Waals surface area contributed by atoms with E-state index in [4.69, 9.17) is 0 Å². The second-order valence-electron chi connectivity index (χ2n) is 8.24. The molecule has 0 radical (unpaired) electrons. The van der Waals surface area contributed by atoms with Crippen LogP contribution < -0.4 is 4.72 Å². The highest BCUT2D eigenvalue weighted by molar-refractivity contribution is 7.89. The van der Waals surface area contributed by atoms with E-state index < -0.39 is 10.0 Å². The molecule has 0 aromatic heterocycles. The number of hydrogen-bond donors (Lipinski definition) is 1. The van der Waals surface area contributed by atoms with Gasteiger partial charge >= 0.3 is 0 Å². The van der Waals surface area contributed by atoms with Gasteiger partial charge in [0.1, 0.15) is 0 Å². The van der Waals surface area contributed by atoms with Crippen LogP contribution in [0.25, 0.3) is 0 Å². The molecule has 4 aliphatic rings. The Hall–Kier alpha value is -0.870.